The number of anilines is 1. The molecule has 32 heavy (non-hydrogen) atoms. The summed E-state index contributed by atoms with van der Waals surface area (Å²) in [6, 6.07) is 20.9. The van der Waals surface area contributed by atoms with Gasteiger partial charge in [-0.05, 0) is 55.8 Å². The predicted molar refractivity (Wildman–Crippen MR) is 132 cm³/mol. The van der Waals surface area contributed by atoms with Crippen LogP contribution in [0, 0.1) is 13.8 Å². The van der Waals surface area contributed by atoms with Crippen molar-refractivity contribution in [1.29, 1.82) is 0 Å². The molecule has 3 aromatic carbocycles. The van der Waals surface area contributed by atoms with Crippen molar-refractivity contribution in [2.45, 2.75) is 19.0 Å². The van der Waals surface area contributed by atoms with Gasteiger partial charge in [-0.2, -0.15) is 0 Å². The zero-order valence-electron chi connectivity index (χ0n) is 17.5. The van der Waals surface area contributed by atoms with Gasteiger partial charge in [-0.1, -0.05) is 70.9 Å². The number of rotatable bonds is 6. The first kappa shape index (κ1) is 22.4. The minimum atomic E-state index is -0.150. The lowest BCUT2D eigenvalue weighted by Crippen LogP contribution is -2.15. The first-order valence-corrected chi connectivity index (χ1v) is 11.6. The molecule has 0 saturated heterocycles. The van der Waals surface area contributed by atoms with E-state index in [9.17, 15) is 4.79 Å². The number of hydrogen-bond acceptors (Lipinski definition) is 4. The molecule has 0 aliphatic carbocycles. The molecule has 1 aromatic heterocycles. The third kappa shape index (κ3) is 5.15. The van der Waals surface area contributed by atoms with Crippen LogP contribution < -0.4 is 5.32 Å². The number of halogens is 2. The highest BCUT2D eigenvalue weighted by atomic mass is 35.5. The Morgan fingerprint density at radius 3 is 2.47 bits per heavy atom. The molecule has 0 fully saturated rings. The van der Waals surface area contributed by atoms with Crippen molar-refractivity contribution in [2.24, 2.45) is 0 Å². The number of benzene rings is 3. The van der Waals surface area contributed by atoms with Gasteiger partial charge in [0.2, 0.25) is 5.91 Å². The first-order valence-electron chi connectivity index (χ1n) is 9.88. The zero-order valence-corrected chi connectivity index (χ0v) is 19.8. The van der Waals surface area contributed by atoms with Crippen molar-refractivity contribution < 1.29 is 4.79 Å². The summed E-state index contributed by atoms with van der Waals surface area (Å²) in [4.78, 5) is 12.6. The summed E-state index contributed by atoms with van der Waals surface area (Å²) in [5.41, 5.74) is 4.54. The molecule has 8 heteroatoms. The van der Waals surface area contributed by atoms with Gasteiger partial charge in [-0.3, -0.25) is 9.36 Å². The number of nitrogens with one attached hydrogen (secondary N) is 1. The topological polar surface area (TPSA) is 59.8 Å². The van der Waals surface area contributed by atoms with Crippen LogP contribution in [0.3, 0.4) is 0 Å². The Balaban J connectivity index is 1.61. The van der Waals surface area contributed by atoms with Crippen molar-refractivity contribution >= 4 is 46.6 Å². The molecule has 0 radical (unpaired) electrons. The maximum atomic E-state index is 12.6. The molecular weight excluding hydrogens is 463 g/mol. The number of carbonyl (C=O) groups is 1. The van der Waals surface area contributed by atoms with Crippen LogP contribution >= 0.6 is 35.0 Å². The highest BCUT2D eigenvalue weighted by Crippen LogP contribution is 2.29. The van der Waals surface area contributed by atoms with Crippen molar-refractivity contribution in [3.63, 3.8) is 0 Å². The standard InChI is InChI=1S/C24H20Cl2N4OS/c1-15-6-10-20(11-7-15)30-23(17-4-3-5-18(25)12-17)28-29-24(30)32-14-22(31)27-21-13-19(26)9-8-16(21)2/h3-13H,14H2,1-2H3,(H,27,31). The van der Waals surface area contributed by atoms with E-state index in [1.165, 1.54) is 11.8 Å². The number of nitrogens with zero attached hydrogens (tertiary/aromatic N) is 3. The van der Waals surface area contributed by atoms with E-state index in [0.717, 1.165) is 22.4 Å². The number of aromatic nitrogens is 3. The molecule has 0 spiro atoms. The zero-order chi connectivity index (χ0) is 22.7. The van der Waals surface area contributed by atoms with Crippen LogP contribution in [0.1, 0.15) is 11.1 Å². The Kier molecular flexibility index (Phi) is 6.84. The Morgan fingerprint density at radius 2 is 1.72 bits per heavy atom. The second-order valence-corrected chi connectivity index (χ2v) is 9.10. The van der Waals surface area contributed by atoms with Crippen LogP contribution in [-0.4, -0.2) is 26.4 Å². The molecule has 4 rings (SSSR count). The van der Waals surface area contributed by atoms with Gasteiger partial charge in [-0.25, -0.2) is 0 Å². The smallest absolute Gasteiger partial charge is 0.234 e. The summed E-state index contributed by atoms with van der Waals surface area (Å²) in [5, 5.41) is 13.5. The number of carbonyl (C=O) groups excluding carboxylic acids is 1. The summed E-state index contributed by atoms with van der Waals surface area (Å²) < 4.78 is 1.94. The lowest BCUT2D eigenvalue weighted by Gasteiger charge is -2.12. The lowest BCUT2D eigenvalue weighted by molar-refractivity contribution is -0.113. The van der Waals surface area contributed by atoms with Gasteiger partial charge >= 0.3 is 0 Å². The predicted octanol–water partition coefficient (Wildman–Crippen LogP) is 6.59. The highest BCUT2D eigenvalue weighted by Gasteiger charge is 2.18. The first-order chi connectivity index (χ1) is 15.4. The van der Waals surface area contributed by atoms with Crippen molar-refractivity contribution in [2.75, 3.05) is 11.1 Å². The van der Waals surface area contributed by atoms with E-state index >= 15 is 0 Å². The molecule has 0 bridgehead atoms. The fourth-order valence-corrected chi connectivity index (χ4v) is 4.26. The summed E-state index contributed by atoms with van der Waals surface area (Å²) in [6.45, 7) is 3.95. The molecule has 0 aliphatic heterocycles. The molecule has 0 atom stereocenters. The highest BCUT2D eigenvalue weighted by molar-refractivity contribution is 7.99. The number of thioether (sulfide) groups is 1. The van der Waals surface area contributed by atoms with Gasteiger partial charge in [0, 0.05) is 27.0 Å². The van der Waals surface area contributed by atoms with E-state index < -0.39 is 0 Å². The second kappa shape index (κ2) is 9.77. The van der Waals surface area contributed by atoms with E-state index in [-0.39, 0.29) is 11.7 Å². The van der Waals surface area contributed by atoms with Crippen LogP contribution in [0.5, 0.6) is 0 Å². The minimum Gasteiger partial charge on any atom is -0.325 e. The summed E-state index contributed by atoms with van der Waals surface area (Å²) in [5.74, 6) is 0.680. The number of aryl methyl sites for hydroxylation is 2. The fourth-order valence-electron chi connectivity index (χ4n) is 3.15. The molecule has 0 saturated carbocycles. The van der Waals surface area contributed by atoms with E-state index in [4.69, 9.17) is 23.2 Å². The van der Waals surface area contributed by atoms with Gasteiger partial charge in [0.1, 0.15) is 0 Å². The summed E-state index contributed by atoms with van der Waals surface area (Å²) >= 11 is 13.6. The third-order valence-corrected chi connectivity index (χ3v) is 6.21. The van der Waals surface area contributed by atoms with Crippen molar-refractivity contribution in [1.82, 2.24) is 14.8 Å². The van der Waals surface area contributed by atoms with E-state index in [2.05, 4.69) is 15.5 Å². The Hall–Kier alpha value is -2.80. The van der Waals surface area contributed by atoms with Crippen LogP contribution in [-0.2, 0) is 4.79 Å². The summed E-state index contributed by atoms with van der Waals surface area (Å²) in [6.07, 6.45) is 0. The van der Waals surface area contributed by atoms with Gasteiger partial charge in [-0.15, -0.1) is 10.2 Å². The SMILES string of the molecule is Cc1ccc(-n2c(SCC(=O)Nc3cc(Cl)ccc3C)nnc2-c2cccc(Cl)c2)cc1. The van der Waals surface area contributed by atoms with Crippen LogP contribution in [0.25, 0.3) is 17.1 Å². The Bertz CT molecular complexity index is 1270. The monoisotopic (exact) mass is 482 g/mol. The fraction of sp³-hybridized carbons (Fsp3) is 0.125. The summed E-state index contributed by atoms with van der Waals surface area (Å²) in [7, 11) is 0. The van der Waals surface area contributed by atoms with Gasteiger partial charge in [0.25, 0.3) is 0 Å². The largest absolute Gasteiger partial charge is 0.325 e. The average molecular weight is 483 g/mol. The van der Waals surface area contributed by atoms with Crippen molar-refractivity contribution in [3.05, 3.63) is 87.9 Å². The maximum absolute atomic E-state index is 12.6. The Morgan fingerprint density at radius 1 is 0.969 bits per heavy atom. The van der Waals surface area contributed by atoms with E-state index in [1.54, 1.807) is 12.1 Å². The van der Waals surface area contributed by atoms with Crippen LogP contribution in [0.15, 0.2) is 71.9 Å². The molecule has 1 N–H and O–H groups in total. The Labute approximate surface area is 200 Å². The third-order valence-electron chi connectivity index (χ3n) is 4.81. The minimum absolute atomic E-state index is 0.150. The van der Waals surface area contributed by atoms with Gasteiger partial charge in [0.05, 0.1) is 5.75 Å². The maximum Gasteiger partial charge on any atom is 0.234 e. The van der Waals surface area contributed by atoms with E-state index in [1.807, 2.05) is 73.0 Å². The lowest BCUT2D eigenvalue weighted by atomic mass is 10.2. The van der Waals surface area contributed by atoms with Crippen LogP contribution in [0.4, 0.5) is 5.69 Å². The van der Waals surface area contributed by atoms with Gasteiger partial charge < -0.3 is 5.32 Å². The molecule has 1 amide bonds. The van der Waals surface area contributed by atoms with Gasteiger partial charge in [0.15, 0.2) is 11.0 Å². The number of amides is 1. The average Bonchev–Trinajstić information content (AvgIpc) is 3.19. The molecule has 0 aliphatic rings. The normalized spacial score (nSPS) is 10.9. The molecule has 4 aromatic rings. The quantitative estimate of drug-likeness (QED) is 0.315. The molecule has 1 heterocycles. The molecule has 5 nitrogen and oxygen atoms in total. The molecule has 162 valence electrons. The van der Waals surface area contributed by atoms with E-state index in [0.29, 0.717) is 26.7 Å². The molecular formula is C24H20Cl2N4OS. The van der Waals surface area contributed by atoms with Crippen molar-refractivity contribution in [3.8, 4) is 17.1 Å². The second-order valence-electron chi connectivity index (χ2n) is 7.28. The van der Waals surface area contributed by atoms with Crippen LogP contribution in [0.2, 0.25) is 10.0 Å². The number of hydrogen-bond donors (Lipinski definition) is 1. The molecule has 0 unspecified atom stereocenters.